The van der Waals surface area contributed by atoms with Crippen LogP contribution in [-0.2, 0) is 7.05 Å². The molecule has 6 heteroatoms. The first-order valence-electron chi connectivity index (χ1n) is 8.00. The van der Waals surface area contributed by atoms with Crippen LogP contribution in [-0.4, -0.2) is 20.3 Å². The van der Waals surface area contributed by atoms with Crippen LogP contribution in [0.2, 0.25) is 0 Å². The van der Waals surface area contributed by atoms with Crippen molar-refractivity contribution in [2.24, 2.45) is 12.0 Å². The van der Waals surface area contributed by atoms with Crippen molar-refractivity contribution in [3.05, 3.63) is 45.5 Å². The second-order valence-corrected chi connectivity index (χ2v) is 7.51. The maximum atomic E-state index is 12.5. The molecule has 0 saturated carbocycles. The van der Waals surface area contributed by atoms with Gasteiger partial charge in [-0.05, 0) is 57.9 Å². The van der Waals surface area contributed by atoms with Crippen LogP contribution in [0.3, 0.4) is 0 Å². The number of nitrogens with zero attached hydrogens (tertiary/aromatic N) is 4. The fourth-order valence-electron chi connectivity index (χ4n) is 3.05. The van der Waals surface area contributed by atoms with Gasteiger partial charge < -0.3 is 4.57 Å². The Morgan fingerprint density at radius 3 is 2.54 bits per heavy atom. The largest absolute Gasteiger partial charge is 0.319 e. The highest BCUT2D eigenvalue weighted by atomic mass is 32.1. The van der Waals surface area contributed by atoms with Gasteiger partial charge in [0.1, 0.15) is 0 Å². The van der Waals surface area contributed by atoms with Gasteiger partial charge in [-0.3, -0.25) is 9.48 Å². The van der Waals surface area contributed by atoms with Crippen molar-refractivity contribution in [1.82, 2.24) is 14.3 Å². The molecule has 0 bridgehead atoms. The average Bonchev–Trinajstić information content (AvgIpc) is 3.00. The third-order valence-corrected chi connectivity index (χ3v) is 5.14. The highest BCUT2D eigenvalue weighted by molar-refractivity contribution is 7.16. The van der Waals surface area contributed by atoms with E-state index in [0.29, 0.717) is 10.5 Å². The Kier molecular flexibility index (Phi) is 4.17. The summed E-state index contributed by atoms with van der Waals surface area (Å²) < 4.78 is 4.98. The van der Waals surface area contributed by atoms with E-state index in [1.54, 1.807) is 6.07 Å². The fraction of sp³-hybridized carbons (Fsp3) is 0.389. The number of benzene rings is 1. The van der Waals surface area contributed by atoms with E-state index >= 15 is 0 Å². The summed E-state index contributed by atoms with van der Waals surface area (Å²) in [6, 6.07) is 6.30. The number of amides is 1. The lowest BCUT2D eigenvalue weighted by Crippen LogP contribution is -2.14. The molecule has 0 saturated heterocycles. The number of aromatic nitrogens is 3. The average molecular weight is 342 g/mol. The maximum Gasteiger partial charge on any atom is 0.300 e. The Morgan fingerprint density at radius 1 is 1.21 bits per heavy atom. The summed E-state index contributed by atoms with van der Waals surface area (Å²) in [5.41, 5.74) is 4.90. The van der Waals surface area contributed by atoms with Crippen LogP contribution in [0.25, 0.3) is 10.2 Å². The summed E-state index contributed by atoms with van der Waals surface area (Å²) in [6.07, 6.45) is 0. The minimum Gasteiger partial charge on any atom is -0.319 e. The number of hydrogen-bond acceptors (Lipinski definition) is 3. The van der Waals surface area contributed by atoms with E-state index in [1.807, 2.05) is 37.1 Å². The summed E-state index contributed by atoms with van der Waals surface area (Å²) in [4.78, 5) is 17.5. The summed E-state index contributed by atoms with van der Waals surface area (Å²) in [6.45, 7) is 10.2. The monoisotopic (exact) mass is 342 g/mol. The second-order valence-electron chi connectivity index (χ2n) is 6.50. The number of carbonyl (C=O) groups excluding carboxylic acids is 1. The van der Waals surface area contributed by atoms with E-state index in [0.717, 1.165) is 15.9 Å². The molecule has 0 N–H and O–H groups in total. The molecule has 2 aromatic heterocycles. The molecule has 0 spiro atoms. The number of rotatable bonds is 2. The number of hydrogen-bond donors (Lipinski definition) is 0. The molecule has 3 rings (SSSR count). The molecule has 0 aliphatic heterocycles. The predicted octanol–water partition coefficient (Wildman–Crippen LogP) is 3.68. The first-order valence-corrected chi connectivity index (χ1v) is 8.81. The van der Waals surface area contributed by atoms with Crippen LogP contribution in [0.1, 0.15) is 47.2 Å². The van der Waals surface area contributed by atoms with Crippen LogP contribution >= 0.6 is 11.3 Å². The van der Waals surface area contributed by atoms with E-state index in [9.17, 15) is 4.79 Å². The smallest absolute Gasteiger partial charge is 0.300 e. The summed E-state index contributed by atoms with van der Waals surface area (Å²) >= 11 is 1.53. The van der Waals surface area contributed by atoms with Crippen LogP contribution in [0.5, 0.6) is 0 Å². The lowest BCUT2D eigenvalue weighted by molar-refractivity contribution is 0.0992. The summed E-state index contributed by atoms with van der Waals surface area (Å²) in [7, 11) is 1.95. The van der Waals surface area contributed by atoms with E-state index in [1.165, 1.54) is 22.5 Å². The van der Waals surface area contributed by atoms with Crippen molar-refractivity contribution in [3.63, 3.8) is 0 Å². The molecule has 3 aromatic rings. The normalized spacial score (nSPS) is 12.5. The molecular weight excluding hydrogens is 320 g/mol. The molecule has 5 nitrogen and oxygen atoms in total. The van der Waals surface area contributed by atoms with Gasteiger partial charge in [-0.15, -0.1) is 0 Å². The van der Waals surface area contributed by atoms with Crippen molar-refractivity contribution < 1.29 is 4.79 Å². The molecule has 24 heavy (non-hydrogen) atoms. The molecule has 1 amide bonds. The summed E-state index contributed by atoms with van der Waals surface area (Å²) in [5.74, 6) is -0.297. The van der Waals surface area contributed by atoms with Crippen LogP contribution in [0, 0.1) is 20.8 Å². The first kappa shape index (κ1) is 16.6. The maximum absolute atomic E-state index is 12.5. The van der Waals surface area contributed by atoms with Crippen molar-refractivity contribution in [2.75, 3.05) is 0 Å². The number of thiazole rings is 1. The minimum absolute atomic E-state index is 0.220. The fourth-order valence-corrected chi connectivity index (χ4v) is 4.24. The molecule has 0 aliphatic carbocycles. The molecule has 0 fully saturated rings. The van der Waals surface area contributed by atoms with Crippen LogP contribution < -0.4 is 4.80 Å². The number of fused-ring (bicyclic) bond motifs is 1. The topological polar surface area (TPSA) is 52.2 Å². The van der Waals surface area contributed by atoms with Crippen molar-refractivity contribution in [2.45, 2.75) is 40.7 Å². The second kappa shape index (κ2) is 6.02. The Labute approximate surface area is 145 Å². The van der Waals surface area contributed by atoms with Gasteiger partial charge in [0.2, 0.25) is 0 Å². The molecule has 1 aromatic carbocycles. The molecule has 0 unspecified atom stereocenters. The van der Waals surface area contributed by atoms with Gasteiger partial charge in [0.05, 0.1) is 10.2 Å². The highest BCUT2D eigenvalue weighted by Crippen LogP contribution is 2.22. The van der Waals surface area contributed by atoms with Gasteiger partial charge in [0.15, 0.2) is 10.5 Å². The lowest BCUT2D eigenvalue weighted by atomic mass is 10.1. The lowest BCUT2D eigenvalue weighted by Gasteiger charge is -2.06. The van der Waals surface area contributed by atoms with E-state index in [-0.39, 0.29) is 11.9 Å². The number of aryl methyl sites for hydroxylation is 4. The Hall–Kier alpha value is -2.21. The predicted molar refractivity (Wildman–Crippen MR) is 97.5 cm³/mol. The Bertz CT molecular complexity index is 1000. The van der Waals surface area contributed by atoms with Gasteiger partial charge in [-0.1, -0.05) is 17.4 Å². The van der Waals surface area contributed by atoms with Gasteiger partial charge in [-0.2, -0.15) is 10.1 Å². The zero-order chi connectivity index (χ0) is 17.6. The molecule has 0 atom stereocenters. The molecule has 2 heterocycles. The zero-order valence-corrected chi connectivity index (χ0v) is 15.7. The molecule has 126 valence electrons. The van der Waals surface area contributed by atoms with Gasteiger partial charge in [0, 0.05) is 18.8 Å². The SMILES string of the molecule is Cc1cc(C)c2c(c1)sc(=NC(=O)c1cc(C)n(C(C)C)n1)n2C. The van der Waals surface area contributed by atoms with Crippen LogP contribution in [0.4, 0.5) is 0 Å². The van der Waals surface area contributed by atoms with Gasteiger partial charge in [0.25, 0.3) is 5.91 Å². The van der Waals surface area contributed by atoms with E-state index < -0.39 is 0 Å². The minimum atomic E-state index is -0.297. The Balaban J connectivity index is 2.10. The van der Waals surface area contributed by atoms with E-state index in [4.69, 9.17) is 0 Å². The third kappa shape index (κ3) is 2.82. The van der Waals surface area contributed by atoms with Gasteiger partial charge >= 0.3 is 0 Å². The van der Waals surface area contributed by atoms with Gasteiger partial charge in [-0.25, -0.2) is 0 Å². The van der Waals surface area contributed by atoms with E-state index in [2.05, 4.69) is 36.1 Å². The molecule has 0 aliphatic rings. The molecular formula is C18H22N4OS. The quantitative estimate of drug-likeness (QED) is 0.713. The highest BCUT2D eigenvalue weighted by Gasteiger charge is 2.14. The standard InChI is InChI=1S/C18H22N4OS/c1-10(2)22-13(5)9-14(20-22)17(23)19-18-21(6)16-12(4)7-11(3)8-15(16)24-18/h7-10H,1-6H3. The van der Waals surface area contributed by atoms with Crippen molar-refractivity contribution in [3.8, 4) is 0 Å². The summed E-state index contributed by atoms with van der Waals surface area (Å²) in [5, 5.41) is 4.39. The molecule has 0 radical (unpaired) electrons. The number of carbonyl (C=O) groups is 1. The first-order chi connectivity index (χ1) is 11.3. The van der Waals surface area contributed by atoms with Crippen LogP contribution in [0.15, 0.2) is 23.2 Å². The Morgan fingerprint density at radius 2 is 1.92 bits per heavy atom. The van der Waals surface area contributed by atoms with Crippen molar-refractivity contribution in [1.29, 1.82) is 0 Å². The third-order valence-electron chi connectivity index (χ3n) is 4.06. The van der Waals surface area contributed by atoms with Crippen molar-refractivity contribution >= 4 is 27.5 Å². The zero-order valence-electron chi connectivity index (χ0n) is 14.9.